The summed E-state index contributed by atoms with van der Waals surface area (Å²) < 4.78 is 17.1. The summed E-state index contributed by atoms with van der Waals surface area (Å²) in [6.45, 7) is 8.03. The first kappa shape index (κ1) is 24.8. The molecule has 0 atom stereocenters. The Balaban J connectivity index is 1.36. The van der Waals surface area contributed by atoms with Crippen molar-refractivity contribution in [3.05, 3.63) is 89.6 Å². The smallest absolute Gasteiger partial charge is 0.229 e. The second-order valence-corrected chi connectivity index (χ2v) is 10.3. The zero-order valence-electron chi connectivity index (χ0n) is 21.9. The summed E-state index contributed by atoms with van der Waals surface area (Å²) in [6, 6.07) is 11.2. The van der Waals surface area contributed by atoms with Gasteiger partial charge < -0.3 is 21.1 Å². The summed E-state index contributed by atoms with van der Waals surface area (Å²) in [5.74, 6) is 0.758. The van der Waals surface area contributed by atoms with Crippen LogP contribution in [-0.2, 0) is 6.61 Å². The van der Waals surface area contributed by atoms with E-state index in [9.17, 15) is 5.11 Å². The lowest BCUT2D eigenvalue weighted by Crippen LogP contribution is -2.20. The molecule has 198 valence electrons. The van der Waals surface area contributed by atoms with Crippen molar-refractivity contribution in [3.8, 4) is 11.3 Å². The highest BCUT2D eigenvalue weighted by molar-refractivity contribution is 5.91. The number of aromatic nitrogens is 4. The van der Waals surface area contributed by atoms with Crippen LogP contribution in [-0.4, -0.2) is 24.9 Å². The van der Waals surface area contributed by atoms with Gasteiger partial charge in [-0.2, -0.15) is 10.1 Å². The first-order valence-electron chi connectivity index (χ1n) is 13.0. The molecule has 2 aliphatic rings. The number of benzene rings is 2. The molecule has 9 heteroatoms. The van der Waals surface area contributed by atoms with E-state index in [1.165, 1.54) is 0 Å². The molecule has 4 N–H and O–H groups in total. The molecule has 8 nitrogen and oxygen atoms in total. The fourth-order valence-corrected chi connectivity index (χ4v) is 5.01. The van der Waals surface area contributed by atoms with E-state index >= 15 is 4.39 Å². The zero-order valence-corrected chi connectivity index (χ0v) is 21.9. The molecule has 0 unspecified atom stereocenters. The van der Waals surface area contributed by atoms with Crippen molar-refractivity contribution in [2.45, 2.75) is 45.3 Å². The molecular weight excluding hydrogens is 493 g/mol. The third kappa shape index (κ3) is 4.66. The summed E-state index contributed by atoms with van der Waals surface area (Å²) >= 11 is 0. The highest BCUT2D eigenvalue weighted by Gasteiger charge is 2.28. The van der Waals surface area contributed by atoms with Gasteiger partial charge in [-0.05, 0) is 61.9 Å². The quantitative estimate of drug-likeness (QED) is 0.264. The molecule has 3 heterocycles. The fraction of sp³-hybridized carbons (Fsp3) is 0.233. The van der Waals surface area contributed by atoms with Crippen LogP contribution >= 0.6 is 0 Å². The molecule has 0 bridgehead atoms. The Morgan fingerprint density at radius 3 is 2.74 bits per heavy atom. The van der Waals surface area contributed by atoms with Crippen LogP contribution in [0, 0.1) is 5.82 Å². The summed E-state index contributed by atoms with van der Waals surface area (Å²) in [5.41, 5.74) is 12.2. The van der Waals surface area contributed by atoms with Gasteiger partial charge in [-0.15, -0.1) is 0 Å². The van der Waals surface area contributed by atoms with Gasteiger partial charge in [0, 0.05) is 46.9 Å². The van der Waals surface area contributed by atoms with E-state index in [2.05, 4.69) is 33.0 Å². The van der Waals surface area contributed by atoms with Gasteiger partial charge >= 0.3 is 0 Å². The van der Waals surface area contributed by atoms with Gasteiger partial charge in [0.2, 0.25) is 5.95 Å². The third-order valence-electron chi connectivity index (χ3n) is 7.15. The maximum atomic E-state index is 15.3. The number of nitrogens with one attached hydrogen (secondary N) is 1. The molecule has 2 aromatic carbocycles. The lowest BCUT2D eigenvalue weighted by molar-refractivity contribution is 0.283. The third-order valence-corrected chi connectivity index (χ3v) is 7.15. The number of nitrogen functional groups attached to an aromatic ring is 1. The Bertz CT molecular complexity index is 1620. The fourth-order valence-electron chi connectivity index (χ4n) is 5.01. The Morgan fingerprint density at radius 2 is 2.03 bits per heavy atom. The van der Waals surface area contributed by atoms with E-state index in [4.69, 9.17) is 5.73 Å². The van der Waals surface area contributed by atoms with Gasteiger partial charge in [-0.3, -0.25) is 4.68 Å². The maximum absolute atomic E-state index is 15.3. The number of rotatable bonds is 7. The first-order chi connectivity index (χ1) is 18.8. The van der Waals surface area contributed by atoms with Crippen LogP contribution in [0.15, 0.2) is 61.6 Å². The molecule has 1 aliphatic heterocycles. The summed E-state index contributed by atoms with van der Waals surface area (Å²) in [7, 11) is 0. The number of fused-ring (bicyclic) bond motifs is 1. The average molecular weight is 524 g/mol. The standard InChI is InChI=1S/C30H30FN7O/c1-17(2)38-15-22(14-33-38)34-30-35-26(13-28(32)36-30)23-5-4-6-27(24(23)16-39)37-10-9-20-11-21(19-7-8-19)12-25(31)29(20)18(37)3/h4-6,9-15,17,19,39H,3,7-8,16H2,1-2H3,(H3,32,34,35,36). The van der Waals surface area contributed by atoms with Crippen LogP contribution in [0.25, 0.3) is 23.0 Å². The molecule has 0 amide bonds. The minimum Gasteiger partial charge on any atom is -0.392 e. The molecule has 1 aliphatic carbocycles. The van der Waals surface area contributed by atoms with Crippen LogP contribution in [0.3, 0.4) is 0 Å². The maximum Gasteiger partial charge on any atom is 0.229 e. The van der Waals surface area contributed by atoms with E-state index in [0.29, 0.717) is 45.6 Å². The summed E-state index contributed by atoms with van der Waals surface area (Å²) in [4.78, 5) is 10.8. The monoisotopic (exact) mass is 523 g/mol. The van der Waals surface area contributed by atoms with Crippen molar-refractivity contribution < 1.29 is 9.50 Å². The van der Waals surface area contributed by atoms with Crippen molar-refractivity contribution in [1.82, 2.24) is 19.7 Å². The number of aliphatic hydroxyl groups is 1. The second kappa shape index (κ2) is 9.67. The topological polar surface area (TPSA) is 105 Å². The SMILES string of the molecule is C=C1c2c(F)cc(C3CC3)cc2C=CN1c1cccc(-c2cc(N)nc(Nc3cnn(C(C)C)c3)n2)c1CO. The van der Waals surface area contributed by atoms with E-state index < -0.39 is 0 Å². The van der Waals surface area contributed by atoms with Crippen molar-refractivity contribution in [3.63, 3.8) is 0 Å². The number of halogens is 1. The van der Waals surface area contributed by atoms with Crippen LogP contribution in [0.2, 0.25) is 0 Å². The molecule has 1 saturated carbocycles. The predicted molar refractivity (Wildman–Crippen MR) is 153 cm³/mol. The number of aliphatic hydroxyl groups excluding tert-OH is 1. The van der Waals surface area contributed by atoms with Gasteiger partial charge in [0.15, 0.2) is 0 Å². The molecule has 4 aromatic rings. The van der Waals surface area contributed by atoms with Crippen molar-refractivity contribution >= 4 is 34.9 Å². The Hall–Kier alpha value is -4.50. The minimum atomic E-state index is -0.282. The molecule has 2 aromatic heterocycles. The van der Waals surface area contributed by atoms with Crippen molar-refractivity contribution in [2.75, 3.05) is 16.0 Å². The molecule has 1 fully saturated rings. The Kier molecular flexibility index (Phi) is 6.15. The number of nitrogens with two attached hydrogens (primary N) is 1. The van der Waals surface area contributed by atoms with Crippen LogP contribution in [0.1, 0.15) is 60.9 Å². The highest BCUT2D eigenvalue weighted by atomic mass is 19.1. The molecule has 6 rings (SSSR count). The minimum absolute atomic E-state index is 0.215. The summed E-state index contributed by atoms with van der Waals surface area (Å²) in [6.07, 6.45) is 9.55. The number of nitrogens with zero attached hydrogens (tertiary/aromatic N) is 5. The molecule has 0 spiro atoms. The largest absolute Gasteiger partial charge is 0.392 e. The number of hydrogen-bond acceptors (Lipinski definition) is 7. The number of hydrogen-bond donors (Lipinski definition) is 3. The van der Waals surface area contributed by atoms with Crippen LogP contribution in [0.5, 0.6) is 0 Å². The Labute approximate surface area is 226 Å². The average Bonchev–Trinajstić information content (AvgIpc) is 3.66. The van der Waals surface area contributed by atoms with Crippen molar-refractivity contribution in [1.29, 1.82) is 0 Å². The van der Waals surface area contributed by atoms with Crippen LogP contribution < -0.4 is 16.0 Å². The normalized spacial score (nSPS) is 14.7. The van der Waals surface area contributed by atoms with Gasteiger partial charge in [0.25, 0.3) is 0 Å². The molecule has 0 saturated heterocycles. The molecule has 39 heavy (non-hydrogen) atoms. The van der Waals surface area contributed by atoms with Crippen LogP contribution in [0.4, 0.5) is 27.5 Å². The second-order valence-electron chi connectivity index (χ2n) is 10.3. The van der Waals surface area contributed by atoms with Gasteiger partial charge in [-0.25, -0.2) is 9.37 Å². The van der Waals surface area contributed by atoms with Gasteiger partial charge in [-0.1, -0.05) is 24.8 Å². The van der Waals surface area contributed by atoms with E-state index in [1.54, 1.807) is 23.2 Å². The zero-order chi connectivity index (χ0) is 27.3. The lowest BCUT2D eigenvalue weighted by Gasteiger charge is -2.30. The van der Waals surface area contributed by atoms with E-state index in [0.717, 1.165) is 29.7 Å². The molecule has 0 radical (unpaired) electrons. The van der Waals surface area contributed by atoms with Gasteiger partial charge in [0.1, 0.15) is 11.6 Å². The Morgan fingerprint density at radius 1 is 1.21 bits per heavy atom. The molecular formula is C30H30FN7O. The predicted octanol–water partition coefficient (Wildman–Crippen LogP) is 6.22. The first-order valence-corrected chi connectivity index (χ1v) is 13.0. The van der Waals surface area contributed by atoms with Gasteiger partial charge in [0.05, 0.1) is 29.9 Å². The lowest BCUT2D eigenvalue weighted by atomic mass is 9.94. The highest BCUT2D eigenvalue weighted by Crippen LogP contribution is 2.44. The number of anilines is 4. The van der Waals surface area contributed by atoms with E-state index in [-0.39, 0.29) is 24.3 Å². The van der Waals surface area contributed by atoms with Crippen molar-refractivity contribution in [2.24, 2.45) is 0 Å². The van der Waals surface area contributed by atoms with E-state index in [1.807, 2.05) is 55.2 Å². The summed E-state index contributed by atoms with van der Waals surface area (Å²) in [5, 5.41) is 18.0.